The number of carbonyl (C=O) groups excluding carboxylic acids is 3. The van der Waals surface area contributed by atoms with Gasteiger partial charge in [0.2, 0.25) is 11.8 Å². The largest absolute Gasteiger partial charge is 0.497 e. The van der Waals surface area contributed by atoms with E-state index in [0.717, 1.165) is 90.3 Å². The van der Waals surface area contributed by atoms with Crippen LogP contribution in [0.2, 0.25) is 0 Å². The van der Waals surface area contributed by atoms with E-state index in [1.165, 1.54) is 4.90 Å². The molecule has 2 aromatic heterocycles. The van der Waals surface area contributed by atoms with Gasteiger partial charge in [-0.1, -0.05) is 79.1 Å². The van der Waals surface area contributed by atoms with Gasteiger partial charge in [0.05, 0.1) is 48.0 Å². The number of nitrogens with zero attached hydrogens (tertiary/aromatic N) is 3. The summed E-state index contributed by atoms with van der Waals surface area (Å²) >= 11 is 1.57. The van der Waals surface area contributed by atoms with Gasteiger partial charge in [0, 0.05) is 35.5 Å². The van der Waals surface area contributed by atoms with E-state index in [4.69, 9.17) is 14.5 Å². The summed E-state index contributed by atoms with van der Waals surface area (Å²) in [6.07, 6.45) is 10.7. The Morgan fingerprint density at radius 3 is 2.24 bits per heavy atom. The number of aliphatic carboxylic acids is 1. The summed E-state index contributed by atoms with van der Waals surface area (Å²) < 4.78 is 35.8. The maximum atomic E-state index is 13.1. The van der Waals surface area contributed by atoms with Crippen molar-refractivity contribution in [1.29, 1.82) is 0 Å². The molecule has 5 rings (SSSR count). The fourth-order valence-electron chi connectivity index (χ4n) is 8.24. The smallest absolute Gasteiger partial charge is 0.326 e. The molecule has 1 aliphatic carbocycles. The zero-order chi connectivity index (χ0) is 50.0. The number of anilines is 1. The van der Waals surface area contributed by atoms with Gasteiger partial charge in [-0.3, -0.25) is 9.59 Å². The second-order valence-electron chi connectivity index (χ2n) is 18.7. The molecule has 4 amide bonds. The number of urea groups is 1. The number of methoxy groups -OCH3 is 2. The molecule has 1 aromatic carbocycles. The maximum Gasteiger partial charge on any atom is 0.326 e. The Bertz CT molecular complexity index is 2170. The second kappa shape index (κ2) is 26.7. The molecule has 3 heterocycles. The van der Waals surface area contributed by atoms with E-state index in [-0.39, 0.29) is 18.2 Å². The van der Waals surface area contributed by atoms with E-state index in [0.29, 0.717) is 44.7 Å². The Morgan fingerprint density at radius 2 is 1.63 bits per heavy atom. The van der Waals surface area contributed by atoms with Crippen LogP contribution in [0.3, 0.4) is 0 Å². The van der Waals surface area contributed by atoms with Crippen molar-refractivity contribution in [3.63, 3.8) is 0 Å². The van der Waals surface area contributed by atoms with Crippen molar-refractivity contribution < 1.29 is 42.2 Å². The number of carboxylic acid groups (broad SMARTS) is 1. The fraction of sp³-hybridized carbons (Fsp3) is 0.673. The van der Waals surface area contributed by atoms with E-state index in [2.05, 4.69) is 47.0 Å². The highest BCUT2D eigenvalue weighted by molar-refractivity contribution is 7.92. The summed E-state index contributed by atoms with van der Waals surface area (Å²) in [6, 6.07) is 5.56. The summed E-state index contributed by atoms with van der Waals surface area (Å²) in [7, 11) is -0.191. The predicted molar refractivity (Wildman–Crippen MR) is 269 cm³/mol. The lowest BCUT2D eigenvalue weighted by molar-refractivity contribution is -0.145. The van der Waals surface area contributed by atoms with E-state index in [9.17, 15) is 32.7 Å². The third kappa shape index (κ3) is 16.8. The van der Waals surface area contributed by atoms with E-state index >= 15 is 0 Å². The van der Waals surface area contributed by atoms with Crippen LogP contribution < -0.4 is 30.7 Å². The number of hydrogen-bond acceptors (Lipinski definition) is 12. The van der Waals surface area contributed by atoms with Crippen LogP contribution in [0.5, 0.6) is 11.5 Å². The first kappa shape index (κ1) is 56.6. The first-order chi connectivity index (χ1) is 31.7. The Morgan fingerprint density at radius 1 is 0.940 bits per heavy atom. The minimum absolute atomic E-state index is 0.166. The molecule has 1 aliphatic heterocycles. The highest BCUT2D eigenvalue weighted by atomic mass is 32.2. The number of nitrogens with one attached hydrogen (secondary N) is 4. The van der Waals surface area contributed by atoms with Gasteiger partial charge in [-0.2, -0.15) is 0 Å². The number of rotatable bonds is 20. The van der Waals surface area contributed by atoms with Crippen molar-refractivity contribution in [2.45, 2.75) is 174 Å². The van der Waals surface area contributed by atoms with Crippen molar-refractivity contribution in [3.8, 4) is 22.9 Å². The van der Waals surface area contributed by atoms with Crippen LogP contribution in [0.4, 0.5) is 9.93 Å². The lowest BCUT2D eigenvalue weighted by Gasteiger charge is -2.39. The number of pyridine rings is 1. The van der Waals surface area contributed by atoms with E-state index in [1.54, 1.807) is 46.3 Å². The Hall–Kier alpha value is -4.71. The summed E-state index contributed by atoms with van der Waals surface area (Å²) in [5, 5.41) is 25.0. The van der Waals surface area contributed by atoms with Crippen LogP contribution in [0.25, 0.3) is 22.3 Å². The van der Waals surface area contributed by atoms with Crippen molar-refractivity contribution >= 4 is 61.0 Å². The van der Waals surface area contributed by atoms with Gasteiger partial charge in [0.1, 0.15) is 29.3 Å². The van der Waals surface area contributed by atoms with E-state index < -0.39 is 56.0 Å². The van der Waals surface area contributed by atoms with Gasteiger partial charge in [-0.25, -0.2) is 28.0 Å². The third-order valence-corrected chi connectivity index (χ3v) is 15.7. The number of thiazole rings is 1. The Labute approximate surface area is 403 Å². The fourth-order valence-corrected chi connectivity index (χ4v) is 10.6. The molecule has 1 saturated heterocycles. The Kier molecular flexibility index (Phi) is 22.6. The lowest BCUT2D eigenvalue weighted by atomic mass is 9.83. The summed E-state index contributed by atoms with van der Waals surface area (Å²) in [6.45, 7) is 17.1. The first-order valence-corrected chi connectivity index (χ1v) is 26.6. The van der Waals surface area contributed by atoms with Crippen LogP contribution in [-0.4, -0.2) is 114 Å². The average Bonchev–Trinajstić information content (AvgIpc) is 3.98. The molecule has 2 fully saturated rings. The number of ether oxygens (including phenoxy) is 2. The predicted octanol–water partition coefficient (Wildman–Crippen LogP) is 8.98. The zero-order valence-corrected chi connectivity index (χ0v) is 43.5. The van der Waals surface area contributed by atoms with Crippen molar-refractivity contribution in [2.24, 2.45) is 5.92 Å². The van der Waals surface area contributed by atoms with Crippen molar-refractivity contribution in [2.75, 3.05) is 38.4 Å². The van der Waals surface area contributed by atoms with Crippen LogP contribution in [-0.2, 0) is 24.2 Å². The molecule has 2 unspecified atom stereocenters. The minimum atomic E-state index is -3.50. The molecule has 2 aliphatic rings. The lowest BCUT2D eigenvalue weighted by Crippen LogP contribution is -2.59. The molecular formula is C49H79N7O9S2. The molecule has 5 N–H and O–H groups in total. The topological polar surface area (TPSA) is 218 Å². The standard InChI is InChI=1S/C30H54N4O7S.C17H19N3O2S.C2H6/c1-6-7-8-9-11-15-22(2)25(27(37)38)32-26(36)23-16-14-19-34(23)24(35)20-31-28(39)33-30(17-12-10-13-18-30)21-42(40,41)29(3,4)5;1-10(2)18-17-20-15(9-23-17)14-8-16(22-4)12-6-5-11(21-3)7-13(12)19-14;1-2/h22-23,25H,6-21H2,1-5H3,(H,32,36)(H,37,38)(H2,31,33,39);5-10H,1-4H3,(H,18,20);1-2H3/t22?,23-,25?;;/m0../s1. The number of fused-ring (bicyclic) bond motifs is 1. The highest BCUT2D eigenvalue weighted by Gasteiger charge is 2.43. The molecule has 67 heavy (non-hydrogen) atoms. The summed E-state index contributed by atoms with van der Waals surface area (Å²) in [5.74, 6) is -0.908. The number of unbranched alkanes of at least 4 members (excludes halogenated alkanes) is 4. The Balaban J connectivity index is 0.000000397. The molecule has 18 heteroatoms. The number of likely N-dealkylation sites (tertiary alicyclic amines) is 1. The molecule has 3 aromatic rings. The molecule has 0 radical (unpaired) electrons. The number of amides is 4. The number of carbonyl (C=O) groups is 4. The van der Waals surface area contributed by atoms with Crippen molar-refractivity contribution in [1.82, 2.24) is 30.8 Å². The van der Waals surface area contributed by atoms with Gasteiger partial charge in [-0.15, -0.1) is 11.3 Å². The number of carboxylic acids is 1. The molecule has 0 bridgehead atoms. The van der Waals surface area contributed by atoms with E-state index in [1.807, 2.05) is 50.4 Å². The second-order valence-corrected chi connectivity index (χ2v) is 22.3. The van der Waals surface area contributed by atoms with Gasteiger partial charge < -0.3 is 40.7 Å². The quantitative estimate of drug-likeness (QED) is 0.0671. The number of benzene rings is 1. The van der Waals surface area contributed by atoms with Gasteiger partial charge in [0.15, 0.2) is 15.0 Å². The molecule has 376 valence electrons. The molecule has 16 nitrogen and oxygen atoms in total. The summed E-state index contributed by atoms with van der Waals surface area (Å²) in [5.41, 5.74) is 1.55. The van der Waals surface area contributed by atoms with Crippen LogP contribution in [0.15, 0.2) is 29.6 Å². The number of hydrogen-bond donors (Lipinski definition) is 5. The normalized spacial score (nSPS) is 16.7. The number of aromatic nitrogens is 2. The van der Waals surface area contributed by atoms with Crippen LogP contribution in [0.1, 0.15) is 146 Å². The minimum Gasteiger partial charge on any atom is -0.497 e. The molecule has 3 atom stereocenters. The SMILES string of the molecule is CC.CCCCCCCC(C)C(NC(=O)[C@@H]1CCCN1C(=O)CNC(=O)NC1(CS(=O)(=O)C(C)(C)C)CCCCC1)C(=O)O.COc1ccc2c(OC)cc(-c3csc(NC(C)C)n3)nc2c1. The highest BCUT2D eigenvalue weighted by Crippen LogP contribution is 2.34. The maximum absolute atomic E-state index is 13.1. The molecule has 0 spiro atoms. The van der Waals surface area contributed by atoms with Crippen molar-refractivity contribution in [3.05, 3.63) is 29.6 Å². The molecular weight excluding hydrogens is 895 g/mol. The molecule has 1 saturated carbocycles. The number of sulfone groups is 1. The monoisotopic (exact) mass is 974 g/mol. The first-order valence-electron chi connectivity index (χ1n) is 24.1. The zero-order valence-electron chi connectivity index (χ0n) is 41.9. The van der Waals surface area contributed by atoms with Crippen LogP contribution >= 0.6 is 11.3 Å². The summed E-state index contributed by atoms with van der Waals surface area (Å²) in [4.78, 5) is 61.8. The van der Waals surface area contributed by atoms with Gasteiger partial charge in [-0.05, 0) is 84.8 Å². The third-order valence-electron chi connectivity index (χ3n) is 12.1. The van der Waals surface area contributed by atoms with Gasteiger partial charge in [0.25, 0.3) is 0 Å². The van der Waals surface area contributed by atoms with Crippen LogP contribution in [0, 0.1) is 5.92 Å². The van der Waals surface area contributed by atoms with Gasteiger partial charge >= 0.3 is 12.0 Å². The average molecular weight is 974 g/mol.